The maximum absolute atomic E-state index is 12.4. The van der Waals surface area contributed by atoms with Crippen LogP contribution in [0.15, 0.2) is 35.7 Å². The van der Waals surface area contributed by atoms with E-state index in [1.54, 1.807) is 0 Å². The van der Waals surface area contributed by atoms with Crippen molar-refractivity contribution in [2.24, 2.45) is 5.73 Å². The molecule has 0 saturated heterocycles. The minimum absolute atomic E-state index is 0.0312. The molecule has 0 radical (unpaired) electrons. The van der Waals surface area contributed by atoms with Crippen LogP contribution in [0.4, 0.5) is 0 Å². The van der Waals surface area contributed by atoms with Gasteiger partial charge in [-0.3, -0.25) is 4.79 Å². The van der Waals surface area contributed by atoms with Crippen molar-refractivity contribution in [3.63, 3.8) is 0 Å². The minimum Gasteiger partial charge on any atom is -0.333 e. The highest BCUT2D eigenvalue weighted by Crippen LogP contribution is 2.24. The summed E-state index contributed by atoms with van der Waals surface area (Å²) in [5.41, 5.74) is 9.64. The first-order valence-electron chi connectivity index (χ1n) is 6.85. The van der Waals surface area contributed by atoms with Crippen molar-refractivity contribution in [2.75, 3.05) is 6.54 Å². The molecular weight excluding hydrogens is 268 g/mol. The number of carbonyl (C=O) groups is 1. The van der Waals surface area contributed by atoms with Gasteiger partial charge in [0.05, 0.1) is 4.88 Å². The van der Waals surface area contributed by atoms with Crippen molar-refractivity contribution in [1.29, 1.82) is 0 Å². The summed E-state index contributed by atoms with van der Waals surface area (Å²) in [6.45, 7) is 3.47. The summed E-state index contributed by atoms with van der Waals surface area (Å²) >= 11 is 1.50. The van der Waals surface area contributed by atoms with Crippen molar-refractivity contribution >= 4 is 17.2 Å². The maximum Gasteiger partial charge on any atom is 0.264 e. The smallest absolute Gasteiger partial charge is 0.264 e. The van der Waals surface area contributed by atoms with Crippen LogP contribution in [0.2, 0.25) is 0 Å². The first-order valence-corrected chi connectivity index (χ1v) is 7.73. The minimum atomic E-state index is 0.0312. The van der Waals surface area contributed by atoms with Crippen LogP contribution in [0.3, 0.4) is 0 Å². The summed E-state index contributed by atoms with van der Waals surface area (Å²) in [4.78, 5) is 15.1. The van der Waals surface area contributed by atoms with Gasteiger partial charge in [-0.05, 0) is 41.5 Å². The maximum atomic E-state index is 12.4. The van der Waals surface area contributed by atoms with E-state index >= 15 is 0 Å². The van der Waals surface area contributed by atoms with Gasteiger partial charge in [0.1, 0.15) is 0 Å². The third-order valence-electron chi connectivity index (χ3n) is 3.79. The normalized spacial score (nSPS) is 15.8. The van der Waals surface area contributed by atoms with E-state index in [0.717, 1.165) is 23.4 Å². The molecule has 3 nitrogen and oxygen atoms in total. The van der Waals surface area contributed by atoms with E-state index in [9.17, 15) is 4.79 Å². The lowest BCUT2D eigenvalue weighted by Crippen LogP contribution is -2.35. The van der Waals surface area contributed by atoms with E-state index in [0.29, 0.717) is 6.54 Å². The van der Waals surface area contributed by atoms with Gasteiger partial charge in [0.15, 0.2) is 0 Å². The molecule has 1 aliphatic rings. The van der Waals surface area contributed by atoms with Gasteiger partial charge < -0.3 is 10.6 Å². The van der Waals surface area contributed by atoms with Crippen molar-refractivity contribution in [1.82, 2.24) is 4.90 Å². The van der Waals surface area contributed by atoms with Crippen molar-refractivity contribution in [3.05, 3.63) is 57.3 Å². The molecule has 0 aliphatic carbocycles. The van der Waals surface area contributed by atoms with Crippen LogP contribution < -0.4 is 5.73 Å². The van der Waals surface area contributed by atoms with Crippen LogP contribution in [-0.2, 0) is 13.0 Å². The zero-order valence-corrected chi connectivity index (χ0v) is 12.3. The van der Waals surface area contributed by atoms with Gasteiger partial charge in [0.25, 0.3) is 5.91 Å². The topological polar surface area (TPSA) is 46.3 Å². The largest absolute Gasteiger partial charge is 0.333 e. The van der Waals surface area contributed by atoms with Gasteiger partial charge in [-0.25, -0.2) is 0 Å². The highest BCUT2D eigenvalue weighted by Gasteiger charge is 2.22. The number of nitrogens with zero attached hydrogens (tertiary/aromatic N) is 1. The fourth-order valence-electron chi connectivity index (χ4n) is 2.59. The molecule has 1 atom stereocenters. The Hall–Kier alpha value is -1.65. The summed E-state index contributed by atoms with van der Waals surface area (Å²) < 4.78 is 0. The fraction of sp³-hybridized carbons (Fsp3) is 0.312. The van der Waals surface area contributed by atoms with Crippen LogP contribution in [0, 0.1) is 0 Å². The van der Waals surface area contributed by atoms with E-state index in [-0.39, 0.29) is 11.9 Å². The van der Waals surface area contributed by atoms with Crippen LogP contribution in [0.5, 0.6) is 0 Å². The molecular formula is C16H18N2OS. The Bertz CT molecular complexity index is 619. The number of fused-ring (bicyclic) bond motifs is 1. The molecule has 0 bridgehead atoms. The number of hydrogen-bond acceptors (Lipinski definition) is 3. The van der Waals surface area contributed by atoms with Crippen molar-refractivity contribution in [3.8, 4) is 0 Å². The second-order valence-corrected chi connectivity index (χ2v) is 6.22. The molecule has 20 heavy (non-hydrogen) atoms. The molecule has 1 aromatic heterocycles. The molecule has 1 unspecified atom stereocenters. The highest BCUT2D eigenvalue weighted by molar-refractivity contribution is 7.12. The van der Waals surface area contributed by atoms with Gasteiger partial charge in [0, 0.05) is 19.1 Å². The molecule has 0 spiro atoms. The van der Waals surface area contributed by atoms with E-state index in [4.69, 9.17) is 5.73 Å². The predicted octanol–water partition coefficient (Wildman–Crippen LogP) is 2.97. The van der Waals surface area contributed by atoms with Crippen molar-refractivity contribution < 1.29 is 4.79 Å². The third-order valence-corrected chi connectivity index (χ3v) is 4.65. The van der Waals surface area contributed by atoms with E-state index in [1.165, 1.54) is 22.5 Å². The van der Waals surface area contributed by atoms with Gasteiger partial charge >= 0.3 is 0 Å². The number of benzene rings is 1. The Balaban J connectivity index is 1.84. The van der Waals surface area contributed by atoms with E-state index in [1.807, 2.05) is 29.3 Å². The average Bonchev–Trinajstić information content (AvgIpc) is 2.99. The molecule has 4 heteroatoms. The van der Waals surface area contributed by atoms with E-state index in [2.05, 4.69) is 18.2 Å². The monoisotopic (exact) mass is 286 g/mol. The molecule has 2 heterocycles. The quantitative estimate of drug-likeness (QED) is 0.922. The zero-order chi connectivity index (χ0) is 14.1. The molecule has 2 aromatic rings. The lowest BCUT2D eigenvalue weighted by molar-refractivity contribution is 0.0739. The summed E-state index contributed by atoms with van der Waals surface area (Å²) in [6, 6.07) is 10.2. The number of hydrogen-bond donors (Lipinski definition) is 1. The van der Waals surface area contributed by atoms with Crippen LogP contribution in [0.25, 0.3) is 0 Å². The standard InChI is InChI=1S/C16H18N2OS/c1-11(17)13-5-4-12-6-7-18(10-14(12)9-13)16(19)15-3-2-8-20-15/h2-5,8-9,11H,6-7,10,17H2,1H3. The zero-order valence-electron chi connectivity index (χ0n) is 11.5. The van der Waals surface area contributed by atoms with Gasteiger partial charge in [-0.15, -0.1) is 11.3 Å². The molecule has 1 aliphatic heterocycles. The molecule has 0 saturated carbocycles. The Morgan fingerprint density at radius 1 is 1.35 bits per heavy atom. The second kappa shape index (κ2) is 5.38. The molecule has 3 rings (SSSR count). The first kappa shape index (κ1) is 13.3. The lowest BCUT2D eigenvalue weighted by atomic mass is 9.95. The summed E-state index contributed by atoms with van der Waals surface area (Å²) in [5.74, 6) is 0.136. The molecule has 0 fully saturated rings. The number of amides is 1. The Morgan fingerprint density at radius 2 is 2.20 bits per heavy atom. The summed E-state index contributed by atoms with van der Waals surface area (Å²) in [5, 5.41) is 1.94. The predicted molar refractivity (Wildman–Crippen MR) is 81.8 cm³/mol. The number of carbonyl (C=O) groups excluding carboxylic acids is 1. The van der Waals surface area contributed by atoms with Crippen LogP contribution in [-0.4, -0.2) is 17.4 Å². The lowest BCUT2D eigenvalue weighted by Gasteiger charge is -2.29. The first-order chi connectivity index (χ1) is 9.65. The highest BCUT2D eigenvalue weighted by atomic mass is 32.1. The molecule has 2 N–H and O–H groups in total. The Morgan fingerprint density at radius 3 is 2.90 bits per heavy atom. The van der Waals surface area contributed by atoms with Crippen LogP contribution in [0.1, 0.15) is 39.3 Å². The van der Waals surface area contributed by atoms with Crippen molar-refractivity contribution in [2.45, 2.75) is 25.9 Å². The van der Waals surface area contributed by atoms with Gasteiger partial charge in [0.2, 0.25) is 0 Å². The van der Waals surface area contributed by atoms with E-state index < -0.39 is 0 Å². The summed E-state index contributed by atoms with van der Waals surface area (Å²) in [6.07, 6.45) is 0.922. The number of thiophene rings is 1. The second-order valence-electron chi connectivity index (χ2n) is 5.27. The number of nitrogens with two attached hydrogens (primary N) is 1. The average molecular weight is 286 g/mol. The van der Waals surface area contributed by atoms with Gasteiger partial charge in [-0.2, -0.15) is 0 Å². The van der Waals surface area contributed by atoms with Gasteiger partial charge in [-0.1, -0.05) is 24.3 Å². The fourth-order valence-corrected chi connectivity index (χ4v) is 3.28. The molecule has 104 valence electrons. The number of rotatable bonds is 2. The third kappa shape index (κ3) is 2.49. The summed E-state index contributed by atoms with van der Waals surface area (Å²) in [7, 11) is 0. The molecule has 1 amide bonds. The molecule has 1 aromatic carbocycles. The Labute approximate surface area is 123 Å². The Kier molecular flexibility index (Phi) is 3.59. The SMILES string of the molecule is CC(N)c1ccc2c(c1)CN(C(=O)c1cccs1)CC2. The van der Waals surface area contributed by atoms with Crippen LogP contribution >= 0.6 is 11.3 Å².